The molecule has 1 aromatic rings. The molecule has 1 rings (SSSR count). The summed E-state index contributed by atoms with van der Waals surface area (Å²) in [5, 5.41) is 3.41. The van der Waals surface area contributed by atoms with E-state index >= 15 is 0 Å². The number of hydrogen-bond acceptors (Lipinski definition) is 4. The molecule has 1 aromatic heterocycles. The maximum absolute atomic E-state index is 12.8. The van der Waals surface area contributed by atoms with Gasteiger partial charge in [0.05, 0.1) is 16.8 Å². The molecule has 161 valence electrons. The highest BCUT2D eigenvalue weighted by molar-refractivity contribution is 6.48. The minimum atomic E-state index is -0.899. The lowest BCUT2D eigenvalue weighted by atomic mass is 9.89. The van der Waals surface area contributed by atoms with E-state index in [0.29, 0.717) is 12.2 Å². The third kappa shape index (κ3) is 8.96. The van der Waals surface area contributed by atoms with Crippen molar-refractivity contribution in [1.29, 1.82) is 0 Å². The van der Waals surface area contributed by atoms with Gasteiger partial charge in [-0.15, -0.1) is 0 Å². The van der Waals surface area contributed by atoms with Gasteiger partial charge in [-0.25, -0.2) is 4.98 Å². The van der Waals surface area contributed by atoms with E-state index in [0.717, 1.165) is 0 Å². The normalized spacial score (nSPS) is 14.0. The van der Waals surface area contributed by atoms with E-state index in [2.05, 4.69) is 56.0 Å². The first-order valence-electron chi connectivity index (χ1n) is 9.54. The van der Waals surface area contributed by atoms with Gasteiger partial charge < -0.3 is 14.5 Å². The van der Waals surface area contributed by atoms with Gasteiger partial charge in [0.15, 0.2) is 6.10 Å². The second-order valence-electron chi connectivity index (χ2n) is 8.61. The number of amides is 1. The first-order valence-corrected chi connectivity index (χ1v) is 12.7. The van der Waals surface area contributed by atoms with Gasteiger partial charge >= 0.3 is 0 Å². The molecule has 0 bridgehead atoms. The Bertz CT molecular complexity index is 767. The molecule has 0 aromatic carbocycles. The van der Waals surface area contributed by atoms with Crippen LogP contribution in [0.1, 0.15) is 48.0 Å². The van der Waals surface area contributed by atoms with Gasteiger partial charge in [0.25, 0.3) is 5.91 Å². The van der Waals surface area contributed by atoms with Crippen LogP contribution in [-0.4, -0.2) is 37.7 Å². The summed E-state index contributed by atoms with van der Waals surface area (Å²) in [6, 6.07) is 1.54. The molecule has 0 aliphatic rings. The molecule has 0 saturated heterocycles. The van der Waals surface area contributed by atoms with Gasteiger partial charge in [0.1, 0.15) is 17.0 Å². The molecule has 1 heterocycles. The number of pyridine rings is 1. The van der Waals surface area contributed by atoms with Crippen LogP contribution in [0.4, 0.5) is 0 Å². The van der Waals surface area contributed by atoms with Gasteiger partial charge in [-0.2, -0.15) is 0 Å². The summed E-state index contributed by atoms with van der Waals surface area (Å²) in [4.78, 5) is 16.7. The van der Waals surface area contributed by atoms with E-state index in [4.69, 9.17) is 32.4 Å². The Morgan fingerprint density at radius 1 is 1.28 bits per heavy atom. The van der Waals surface area contributed by atoms with Crippen molar-refractivity contribution in [1.82, 2.24) is 10.3 Å². The zero-order valence-corrected chi connectivity index (χ0v) is 21.0. The number of carbonyl (C=O) groups is 1. The maximum atomic E-state index is 12.8. The van der Waals surface area contributed by atoms with Gasteiger partial charge in [-0.1, -0.05) is 62.7 Å². The Kier molecular flexibility index (Phi) is 9.48. The van der Waals surface area contributed by atoms with Crippen molar-refractivity contribution in [3.05, 3.63) is 22.4 Å². The lowest BCUT2D eigenvalue weighted by Gasteiger charge is -2.29. The molecular formula is C21H31Cl2N2O3Si. The van der Waals surface area contributed by atoms with E-state index in [1.807, 2.05) is 20.8 Å². The quantitative estimate of drug-likeness (QED) is 0.350. The monoisotopic (exact) mass is 457 g/mol. The molecule has 0 saturated carbocycles. The van der Waals surface area contributed by atoms with Crippen molar-refractivity contribution in [2.75, 3.05) is 0 Å². The number of aromatic nitrogens is 1. The summed E-state index contributed by atoms with van der Waals surface area (Å²) < 4.78 is 11.8. The lowest BCUT2D eigenvalue weighted by molar-refractivity contribution is -0.129. The Morgan fingerprint density at radius 3 is 2.38 bits per heavy atom. The molecule has 5 nitrogen and oxygen atoms in total. The van der Waals surface area contributed by atoms with E-state index in [-0.39, 0.29) is 27.6 Å². The molecule has 0 aliphatic carbocycles. The van der Waals surface area contributed by atoms with Crippen LogP contribution in [0.25, 0.3) is 0 Å². The summed E-state index contributed by atoms with van der Waals surface area (Å²) in [6.45, 7) is 16.0. The van der Waals surface area contributed by atoms with E-state index in [9.17, 15) is 4.79 Å². The Morgan fingerprint density at radius 2 is 1.90 bits per heavy atom. The Labute approximate surface area is 186 Å². The lowest BCUT2D eigenvalue weighted by Crippen LogP contribution is -2.48. The van der Waals surface area contributed by atoms with Crippen molar-refractivity contribution in [3.8, 4) is 17.6 Å². The zero-order valence-electron chi connectivity index (χ0n) is 18.4. The summed E-state index contributed by atoms with van der Waals surface area (Å²) >= 11 is 11.8. The van der Waals surface area contributed by atoms with Crippen LogP contribution in [0.15, 0.2) is 12.3 Å². The zero-order chi connectivity index (χ0) is 22.4. The fourth-order valence-corrected chi connectivity index (χ4v) is 3.42. The van der Waals surface area contributed by atoms with Crippen LogP contribution in [0, 0.1) is 17.3 Å². The van der Waals surface area contributed by atoms with E-state index in [1.165, 1.54) is 12.3 Å². The number of ether oxygens (including phenoxy) is 1. The number of halogens is 2. The Hall–Kier alpha value is -1.26. The van der Waals surface area contributed by atoms with E-state index < -0.39 is 20.7 Å². The van der Waals surface area contributed by atoms with Crippen LogP contribution in [0.2, 0.25) is 23.3 Å². The van der Waals surface area contributed by atoms with Crippen LogP contribution in [0.3, 0.4) is 0 Å². The average molecular weight is 458 g/mol. The van der Waals surface area contributed by atoms with Crippen LogP contribution >= 0.6 is 23.2 Å². The second-order valence-corrected chi connectivity index (χ2v) is 11.4. The fraction of sp³-hybridized carbons (Fsp3) is 0.619. The molecule has 1 radical (unpaired) electrons. The average Bonchev–Trinajstić information content (AvgIpc) is 2.57. The minimum absolute atomic E-state index is 0.120. The predicted octanol–water partition coefficient (Wildman–Crippen LogP) is 5.13. The predicted molar refractivity (Wildman–Crippen MR) is 121 cm³/mol. The largest absolute Gasteiger partial charge is 0.479 e. The van der Waals surface area contributed by atoms with Gasteiger partial charge in [0, 0.05) is 6.07 Å². The summed E-state index contributed by atoms with van der Waals surface area (Å²) in [5.41, 5.74) is -0.865. The molecule has 8 heteroatoms. The molecular weight excluding hydrogens is 427 g/mol. The standard InChI is InChI=1S/C21H31Cl2N2O3Si/c1-9-16(27-14-12-15(22)18(23)24-13-14)19(26)25-21(5,6)11-10-17(20(2,3)4)28-29(7)8/h12-13,16-17H,9H2,1-8H3,(H,25,26). The number of nitrogens with zero attached hydrogens (tertiary/aromatic N) is 1. The summed E-state index contributed by atoms with van der Waals surface area (Å²) in [6.07, 6.45) is 1.00. The van der Waals surface area contributed by atoms with Crippen LogP contribution in [-0.2, 0) is 9.22 Å². The first kappa shape index (κ1) is 25.8. The first-order chi connectivity index (χ1) is 13.2. The highest BCUT2D eigenvalue weighted by atomic mass is 35.5. The topological polar surface area (TPSA) is 60.5 Å². The third-order valence-electron chi connectivity index (χ3n) is 3.80. The number of hydrogen-bond donors (Lipinski definition) is 1. The molecule has 29 heavy (non-hydrogen) atoms. The molecule has 1 amide bonds. The van der Waals surface area contributed by atoms with Crippen LogP contribution in [0.5, 0.6) is 5.75 Å². The molecule has 2 atom stereocenters. The smallest absolute Gasteiger partial charge is 0.262 e. The van der Waals surface area contributed by atoms with Crippen molar-refractivity contribution in [2.45, 2.75) is 78.8 Å². The molecule has 2 unspecified atom stereocenters. The fourth-order valence-electron chi connectivity index (χ4n) is 2.28. The van der Waals surface area contributed by atoms with Crippen molar-refractivity contribution < 1.29 is 14.0 Å². The highest BCUT2D eigenvalue weighted by Gasteiger charge is 2.28. The number of rotatable bonds is 7. The number of nitrogens with one attached hydrogen (secondary N) is 1. The second kappa shape index (κ2) is 10.7. The third-order valence-corrected chi connectivity index (χ3v) is 5.20. The highest BCUT2D eigenvalue weighted by Crippen LogP contribution is 2.25. The Balaban J connectivity index is 2.89. The van der Waals surface area contributed by atoms with Crippen molar-refractivity contribution in [2.24, 2.45) is 5.41 Å². The molecule has 0 spiro atoms. The van der Waals surface area contributed by atoms with E-state index in [1.54, 1.807) is 0 Å². The number of carbonyl (C=O) groups excluding carboxylic acids is 1. The van der Waals surface area contributed by atoms with Gasteiger partial charge in [0.2, 0.25) is 9.04 Å². The SMILES string of the molecule is CCC(Oc1cnc(Cl)c(Cl)c1)C(=O)NC(C)(C)C#CC(O[Si](C)C)C(C)(C)C. The summed E-state index contributed by atoms with van der Waals surface area (Å²) in [7, 11) is -0.899. The molecule has 1 N–H and O–H groups in total. The molecule has 0 fully saturated rings. The van der Waals surface area contributed by atoms with Gasteiger partial charge in [-0.3, -0.25) is 4.79 Å². The van der Waals surface area contributed by atoms with Crippen LogP contribution < -0.4 is 10.1 Å². The van der Waals surface area contributed by atoms with Gasteiger partial charge in [-0.05, 0) is 38.8 Å². The summed E-state index contributed by atoms with van der Waals surface area (Å²) in [5.74, 6) is 6.50. The minimum Gasteiger partial charge on any atom is -0.479 e. The van der Waals surface area contributed by atoms with Crippen molar-refractivity contribution in [3.63, 3.8) is 0 Å². The molecule has 0 aliphatic heterocycles. The van der Waals surface area contributed by atoms with Crippen molar-refractivity contribution >= 4 is 38.1 Å². The maximum Gasteiger partial charge on any atom is 0.262 e.